The molecular formula is C9H13ITe. The quantitative estimate of drug-likeness (QED) is 0.462. The zero-order valence-electron chi connectivity index (χ0n) is 6.88. The van der Waals surface area contributed by atoms with E-state index in [0.717, 1.165) is 0 Å². The summed E-state index contributed by atoms with van der Waals surface area (Å²) in [7, 11) is 0. The fraction of sp³-hybridized carbons (Fsp3) is 0.333. The first-order chi connectivity index (χ1) is 4.84. The van der Waals surface area contributed by atoms with Gasteiger partial charge in [0, 0.05) is 0 Å². The minimum absolute atomic E-state index is 0. The molecule has 0 radical (unpaired) electrons. The predicted molar refractivity (Wildman–Crippen MR) is 48.2 cm³/mol. The third kappa shape index (κ3) is 3.78. The molecule has 2 heteroatoms. The Balaban J connectivity index is 0.000001000. The first-order valence-electron chi connectivity index (χ1n) is 3.52. The summed E-state index contributed by atoms with van der Waals surface area (Å²) in [4.78, 5) is 2.43. The molecule has 1 rings (SSSR count). The molecule has 0 bridgehead atoms. The van der Waals surface area contributed by atoms with Crippen molar-refractivity contribution in [1.82, 2.24) is 0 Å². The van der Waals surface area contributed by atoms with Crippen LogP contribution in [0.1, 0.15) is 6.92 Å². The maximum atomic E-state index is 2.43. The fourth-order valence-electron chi connectivity index (χ4n) is 0.819. The van der Waals surface area contributed by atoms with Gasteiger partial charge in [0.2, 0.25) is 0 Å². The summed E-state index contributed by atoms with van der Waals surface area (Å²) in [6, 6.07) is 10.9. The zero-order chi connectivity index (χ0) is 7.40. The number of benzene rings is 1. The molecule has 0 aromatic heterocycles. The topological polar surface area (TPSA) is 0 Å². The van der Waals surface area contributed by atoms with Crippen LogP contribution in [0.25, 0.3) is 0 Å². The molecule has 1 aromatic rings. The maximum Gasteiger partial charge on any atom is -1.00 e. The van der Waals surface area contributed by atoms with Crippen molar-refractivity contribution in [1.29, 1.82) is 0 Å². The average molecular weight is 376 g/mol. The number of halogens is 1. The van der Waals surface area contributed by atoms with Gasteiger partial charge in [0.25, 0.3) is 0 Å². The van der Waals surface area contributed by atoms with Gasteiger partial charge < -0.3 is 24.0 Å². The Morgan fingerprint density at radius 2 is 1.73 bits per heavy atom. The Kier molecular flexibility index (Phi) is 6.70. The summed E-state index contributed by atoms with van der Waals surface area (Å²) in [5.41, 5.74) is 0. The van der Waals surface area contributed by atoms with Crippen molar-refractivity contribution in [3.05, 3.63) is 30.3 Å². The van der Waals surface area contributed by atoms with Crippen LogP contribution in [0.3, 0.4) is 0 Å². The standard InChI is InChI=1S/C9H13Te.HI/c1-3-10(2)9-7-5-4-6-8-9;/h4-8H,3H2,1-2H3;1H/q+1;/p-1. The van der Waals surface area contributed by atoms with Crippen LogP contribution >= 0.6 is 0 Å². The number of hydrogen-bond acceptors (Lipinski definition) is 0. The van der Waals surface area contributed by atoms with Gasteiger partial charge in [-0.25, -0.2) is 0 Å². The van der Waals surface area contributed by atoms with E-state index in [9.17, 15) is 0 Å². The van der Waals surface area contributed by atoms with Gasteiger partial charge in [0.05, 0.1) is 0 Å². The summed E-state index contributed by atoms with van der Waals surface area (Å²) in [5.74, 6) is 0. The van der Waals surface area contributed by atoms with Crippen molar-refractivity contribution < 1.29 is 24.0 Å². The van der Waals surface area contributed by atoms with Crippen molar-refractivity contribution in [2.45, 2.75) is 16.4 Å². The first kappa shape index (κ1) is 11.7. The van der Waals surface area contributed by atoms with E-state index >= 15 is 0 Å². The summed E-state index contributed by atoms with van der Waals surface area (Å²) in [6.45, 7) is 2.30. The Morgan fingerprint density at radius 3 is 2.18 bits per heavy atom. The second-order valence-corrected chi connectivity index (χ2v) is 8.87. The third-order valence-electron chi connectivity index (χ3n) is 1.58. The smallest absolute Gasteiger partial charge is 1.00 e. The van der Waals surface area contributed by atoms with Gasteiger partial charge in [0.15, 0.2) is 0 Å². The van der Waals surface area contributed by atoms with E-state index in [2.05, 4.69) is 42.2 Å². The van der Waals surface area contributed by atoms with E-state index in [0.29, 0.717) is 0 Å². The van der Waals surface area contributed by atoms with Gasteiger partial charge in [-0.2, -0.15) is 0 Å². The van der Waals surface area contributed by atoms with Crippen LogP contribution in [0.4, 0.5) is 0 Å². The van der Waals surface area contributed by atoms with Gasteiger partial charge >= 0.3 is 69.9 Å². The van der Waals surface area contributed by atoms with Crippen LogP contribution in [0.5, 0.6) is 0 Å². The van der Waals surface area contributed by atoms with E-state index in [1.54, 1.807) is 3.61 Å². The first-order valence-corrected chi connectivity index (χ1v) is 8.66. The average Bonchev–Trinajstić information content (AvgIpc) is 2.05. The van der Waals surface area contributed by atoms with E-state index in [-0.39, 0.29) is 24.0 Å². The maximum absolute atomic E-state index is 2.43. The Hall–Kier alpha value is 0.740. The fourth-order valence-corrected chi connectivity index (χ4v) is 3.55. The van der Waals surface area contributed by atoms with E-state index < -0.39 is 19.6 Å². The second-order valence-electron chi connectivity index (χ2n) is 2.24. The normalized spacial score (nSPS) is 9.36. The molecular weight excluding hydrogens is 363 g/mol. The molecule has 0 nitrogen and oxygen atoms in total. The molecule has 11 heavy (non-hydrogen) atoms. The SMILES string of the molecule is CC[Te+](C)c1ccccc1.[I-]. The minimum Gasteiger partial charge on any atom is -1.00 e. The van der Waals surface area contributed by atoms with Crippen LogP contribution in [0, 0.1) is 0 Å². The van der Waals surface area contributed by atoms with Crippen molar-refractivity contribution in [3.63, 3.8) is 0 Å². The monoisotopic (exact) mass is 378 g/mol. The molecule has 0 spiro atoms. The van der Waals surface area contributed by atoms with Gasteiger partial charge in [-0.05, 0) is 0 Å². The van der Waals surface area contributed by atoms with Crippen molar-refractivity contribution in [2.24, 2.45) is 0 Å². The van der Waals surface area contributed by atoms with E-state index in [4.69, 9.17) is 0 Å². The zero-order valence-corrected chi connectivity index (χ0v) is 11.4. The molecule has 0 saturated carbocycles. The van der Waals surface area contributed by atoms with Crippen LogP contribution in [-0.2, 0) is 0 Å². The molecule has 0 aliphatic heterocycles. The molecule has 0 amide bonds. The van der Waals surface area contributed by atoms with Crippen LogP contribution < -0.4 is 27.6 Å². The molecule has 0 heterocycles. The van der Waals surface area contributed by atoms with Crippen LogP contribution in [-0.4, -0.2) is 19.6 Å². The molecule has 0 atom stereocenters. The summed E-state index contributed by atoms with van der Waals surface area (Å²) in [5, 5.41) is 0. The minimum atomic E-state index is -0.819. The molecule has 62 valence electrons. The number of rotatable bonds is 2. The van der Waals surface area contributed by atoms with Gasteiger partial charge in [-0.1, -0.05) is 0 Å². The van der Waals surface area contributed by atoms with Crippen LogP contribution in [0.2, 0.25) is 9.44 Å². The van der Waals surface area contributed by atoms with Gasteiger partial charge in [-0.15, -0.1) is 0 Å². The molecule has 0 fully saturated rings. The Labute approximate surface area is 93.1 Å². The molecule has 0 saturated heterocycles. The molecule has 0 aliphatic carbocycles. The summed E-state index contributed by atoms with van der Waals surface area (Å²) < 4.78 is 3.02. The Bertz CT molecular complexity index is 186. The van der Waals surface area contributed by atoms with Crippen molar-refractivity contribution in [3.8, 4) is 0 Å². The van der Waals surface area contributed by atoms with Crippen molar-refractivity contribution in [2.75, 3.05) is 0 Å². The largest absolute Gasteiger partial charge is 1.00 e. The Morgan fingerprint density at radius 1 is 1.18 bits per heavy atom. The molecule has 0 N–H and O–H groups in total. The molecule has 0 aliphatic rings. The van der Waals surface area contributed by atoms with Crippen LogP contribution in [0.15, 0.2) is 30.3 Å². The molecule has 0 unspecified atom stereocenters. The summed E-state index contributed by atoms with van der Waals surface area (Å²) >= 11 is -0.819. The summed E-state index contributed by atoms with van der Waals surface area (Å²) in [6.07, 6.45) is 0. The third-order valence-corrected chi connectivity index (χ3v) is 7.12. The van der Waals surface area contributed by atoms with Gasteiger partial charge in [-0.3, -0.25) is 0 Å². The predicted octanol–water partition coefficient (Wildman–Crippen LogP) is -0.958. The van der Waals surface area contributed by atoms with E-state index in [1.165, 1.54) is 4.47 Å². The molecule has 1 aromatic carbocycles. The van der Waals surface area contributed by atoms with Gasteiger partial charge in [0.1, 0.15) is 0 Å². The van der Waals surface area contributed by atoms with E-state index in [1.807, 2.05) is 0 Å². The van der Waals surface area contributed by atoms with Crippen molar-refractivity contribution >= 4 is 23.2 Å². The second kappa shape index (κ2) is 6.28. The number of hydrogen-bond donors (Lipinski definition) is 0.